The number of rotatable bonds is 36. The van der Waals surface area contributed by atoms with Crippen LogP contribution in [0, 0.1) is 0 Å². The van der Waals surface area contributed by atoms with Crippen LogP contribution in [0.3, 0.4) is 0 Å². The number of hydrogen-bond acceptors (Lipinski definition) is 3. The Balaban J connectivity index is 1.67. The van der Waals surface area contributed by atoms with E-state index in [4.69, 9.17) is 4.74 Å². The zero-order valence-electron chi connectivity index (χ0n) is 34.4. The van der Waals surface area contributed by atoms with Crippen molar-refractivity contribution in [2.24, 2.45) is 0 Å². The number of unbranched alkanes of at least 4 members (excludes halogenated alkanes) is 25. The van der Waals surface area contributed by atoms with Gasteiger partial charge in [-0.15, -0.1) is 0 Å². The van der Waals surface area contributed by atoms with E-state index in [2.05, 4.69) is 36.6 Å². The minimum atomic E-state index is -0.577. The lowest BCUT2D eigenvalue weighted by molar-refractivity contribution is -0.129. The maximum absolute atomic E-state index is 13.4. The highest BCUT2D eigenvalue weighted by Crippen LogP contribution is 2.17. The topological polar surface area (TPSA) is 67.4 Å². The van der Waals surface area contributed by atoms with Gasteiger partial charge in [0.05, 0.1) is 0 Å². The zero-order valence-corrected chi connectivity index (χ0v) is 34.4. The van der Waals surface area contributed by atoms with Gasteiger partial charge in [0, 0.05) is 19.4 Å². The molecule has 5 heteroatoms. The number of amides is 2. The summed E-state index contributed by atoms with van der Waals surface area (Å²) in [5.74, 6) is 0.693. The van der Waals surface area contributed by atoms with Crippen molar-refractivity contribution in [2.45, 2.75) is 213 Å². The highest BCUT2D eigenvalue weighted by molar-refractivity contribution is 5.87. The van der Waals surface area contributed by atoms with E-state index in [9.17, 15) is 9.59 Å². The van der Waals surface area contributed by atoms with Crippen molar-refractivity contribution in [1.82, 2.24) is 10.6 Å². The lowest BCUT2D eigenvalue weighted by Gasteiger charge is -2.19. The van der Waals surface area contributed by atoms with Crippen LogP contribution in [0.2, 0.25) is 0 Å². The Labute approximate surface area is 326 Å². The van der Waals surface area contributed by atoms with Crippen LogP contribution in [-0.4, -0.2) is 24.4 Å². The fourth-order valence-electron chi connectivity index (χ4n) is 7.13. The molecule has 2 N–H and O–H groups in total. The molecule has 1 atom stereocenters. The molecule has 0 radical (unpaired) electrons. The molecular weight excluding hydrogens is 653 g/mol. The van der Waals surface area contributed by atoms with E-state index < -0.39 is 6.04 Å². The van der Waals surface area contributed by atoms with Crippen LogP contribution >= 0.6 is 0 Å². The molecule has 2 aromatic carbocycles. The number of hydrogen-bond donors (Lipinski definition) is 2. The molecule has 0 aliphatic carbocycles. The van der Waals surface area contributed by atoms with Gasteiger partial charge in [0.25, 0.3) is 0 Å². The van der Waals surface area contributed by atoms with E-state index in [-0.39, 0.29) is 11.8 Å². The first-order valence-corrected chi connectivity index (χ1v) is 22.4. The third kappa shape index (κ3) is 26.6. The molecule has 0 saturated carbocycles. The summed E-state index contributed by atoms with van der Waals surface area (Å²) < 4.78 is 5.96. The minimum Gasteiger partial charge on any atom is -0.489 e. The average molecular weight is 733 g/mol. The smallest absolute Gasteiger partial charge is 0.242 e. The van der Waals surface area contributed by atoms with Gasteiger partial charge in [-0.3, -0.25) is 9.59 Å². The van der Waals surface area contributed by atoms with Gasteiger partial charge in [-0.2, -0.15) is 0 Å². The molecule has 2 aromatic rings. The Bertz CT molecular complexity index is 1120. The maximum atomic E-state index is 13.4. The fraction of sp³-hybridized carbons (Fsp3) is 0.708. The van der Waals surface area contributed by atoms with E-state index in [0.29, 0.717) is 26.0 Å². The van der Waals surface area contributed by atoms with Gasteiger partial charge in [0.2, 0.25) is 11.8 Å². The number of carbonyl (C=O) groups is 2. The van der Waals surface area contributed by atoms with E-state index in [1.165, 1.54) is 148 Å². The third-order valence-corrected chi connectivity index (χ3v) is 10.6. The van der Waals surface area contributed by atoms with E-state index >= 15 is 0 Å². The third-order valence-electron chi connectivity index (χ3n) is 10.6. The molecule has 2 rings (SSSR count). The summed E-state index contributed by atoms with van der Waals surface area (Å²) >= 11 is 0. The van der Waals surface area contributed by atoms with Gasteiger partial charge < -0.3 is 15.4 Å². The van der Waals surface area contributed by atoms with E-state index in [1.807, 2.05) is 42.5 Å². The monoisotopic (exact) mass is 733 g/mol. The predicted molar refractivity (Wildman–Crippen MR) is 226 cm³/mol. The summed E-state index contributed by atoms with van der Waals surface area (Å²) in [7, 11) is 0. The molecule has 0 spiro atoms. The first kappa shape index (κ1) is 46.3. The largest absolute Gasteiger partial charge is 0.489 e. The molecule has 0 saturated heterocycles. The van der Waals surface area contributed by atoms with Crippen LogP contribution in [0.1, 0.15) is 205 Å². The minimum absolute atomic E-state index is 0.0203. The van der Waals surface area contributed by atoms with Crippen LogP contribution < -0.4 is 15.4 Å². The molecular formula is C48H80N2O3. The molecule has 0 fully saturated rings. The second-order valence-electron chi connectivity index (χ2n) is 15.6. The Morgan fingerprint density at radius 3 is 1.42 bits per heavy atom. The first-order valence-electron chi connectivity index (χ1n) is 22.4. The molecule has 300 valence electrons. The SMILES string of the molecule is CCCCCCCCCCCCCCCCCC(=O)N[C@@H](Cc1ccc(OCc2ccccc2)cc1)C(=O)NCCCCCCCCCCCCCC. The number of nitrogens with one attached hydrogen (secondary N) is 2. The second-order valence-corrected chi connectivity index (χ2v) is 15.6. The van der Waals surface area contributed by atoms with Crippen LogP contribution in [0.15, 0.2) is 54.6 Å². The number of carbonyl (C=O) groups excluding carboxylic acids is 2. The van der Waals surface area contributed by atoms with E-state index in [1.54, 1.807) is 0 Å². The molecule has 0 aromatic heterocycles. The van der Waals surface area contributed by atoms with Crippen LogP contribution in [0.5, 0.6) is 5.75 Å². The summed E-state index contributed by atoms with van der Waals surface area (Å²) in [5, 5.41) is 6.23. The standard InChI is InChI=1S/C48H80N2O3/c1-3-5-7-9-11-13-15-17-18-19-20-22-24-26-31-35-47(51)50-46(41-43-36-38-45(39-37-43)53-42-44-33-29-28-30-34-44)48(52)49-40-32-27-25-23-21-16-14-12-10-8-6-4-2/h28-30,33-34,36-39,46H,3-27,31-32,35,40-42H2,1-2H3,(H,49,52)(H,50,51)/t46-/m0/s1. The summed E-state index contributed by atoms with van der Waals surface area (Å²) in [6.45, 7) is 5.73. The van der Waals surface area contributed by atoms with Crippen LogP contribution in [-0.2, 0) is 22.6 Å². The van der Waals surface area contributed by atoms with Gasteiger partial charge in [0.15, 0.2) is 0 Å². The van der Waals surface area contributed by atoms with Gasteiger partial charge in [0.1, 0.15) is 18.4 Å². The van der Waals surface area contributed by atoms with Crippen molar-refractivity contribution in [3.8, 4) is 5.75 Å². The molecule has 2 amide bonds. The molecule has 53 heavy (non-hydrogen) atoms. The fourth-order valence-corrected chi connectivity index (χ4v) is 7.13. The molecule has 0 aliphatic heterocycles. The average Bonchev–Trinajstić information content (AvgIpc) is 3.18. The van der Waals surface area contributed by atoms with Crippen molar-refractivity contribution < 1.29 is 14.3 Å². The number of ether oxygens (including phenoxy) is 1. The summed E-state index contributed by atoms with van der Waals surface area (Å²) in [4.78, 5) is 26.4. The van der Waals surface area contributed by atoms with Gasteiger partial charge in [-0.25, -0.2) is 0 Å². The maximum Gasteiger partial charge on any atom is 0.242 e. The Morgan fingerprint density at radius 2 is 0.943 bits per heavy atom. The normalized spacial score (nSPS) is 11.7. The summed E-state index contributed by atoms with van der Waals surface area (Å²) in [6, 6.07) is 17.5. The lowest BCUT2D eigenvalue weighted by atomic mass is 10.0. The van der Waals surface area contributed by atoms with Crippen molar-refractivity contribution in [3.05, 3.63) is 65.7 Å². The quantitative estimate of drug-likeness (QED) is 0.0686. The molecule has 5 nitrogen and oxygen atoms in total. The summed E-state index contributed by atoms with van der Waals surface area (Å²) in [5.41, 5.74) is 2.13. The lowest BCUT2D eigenvalue weighted by Crippen LogP contribution is -2.48. The molecule has 0 unspecified atom stereocenters. The second kappa shape index (κ2) is 33.7. The van der Waals surface area contributed by atoms with Crippen LogP contribution in [0.4, 0.5) is 0 Å². The Kier molecular flexibility index (Phi) is 29.5. The van der Waals surface area contributed by atoms with Gasteiger partial charge >= 0.3 is 0 Å². The first-order chi connectivity index (χ1) is 26.1. The van der Waals surface area contributed by atoms with Crippen molar-refractivity contribution >= 4 is 11.8 Å². The van der Waals surface area contributed by atoms with Crippen molar-refractivity contribution in [3.63, 3.8) is 0 Å². The van der Waals surface area contributed by atoms with Crippen molar-refractivity contribution in [2.75, 3.05) is 6.54 Å². The Hall–Kier alpha value is -2.82. The van der Waals surface area contributed by atoms with Crippen molar-refractivity contribution in [1.29, 1.82) is 0 Å². The molecule has 0 bridgehead atoms. The predicted octanol–water partition coefficient (Wildman–Crippen LogP) is 13.4. The van der Waals surface area contributed by atoms with E-state index in [0.717, 1.165) is 42.6 Å². The van der Waals surface area contributed by atoms with Gasteiger partial charge in [-0.05, 0) is 36.1 Å². The molecule has 0 aliphatic rings. The summed E-state index contributed by atoms with van der Waals surface area (Å²) in [6.07, 6.45) is 36.0. The zero-order chi connectivity index (χ0) is 37.9. The highest BCUT2D eigenvalue weighted by Gasteiger charge is 2.21. The number of benzene rings is 2. The molecule has 0 heterocycles. The van der Waals surface area contributed by atoms with Gasteiger partial charge in [-0.1, -0.05) is 217 Å². The van der Waals surface area contributed by atoms with Crippen LogP contribution in [0.25, 0.3) is 0 Å². The highest BCUT2D eigenvalue weighted by atomic mass is 16.5. The Morgan fingerprint density at radius 1 is 0.509 bits per heavy atom.